The molecule has 1 unspecified atom stereocenters. The highest BCUT2D eigenvalue weighted by atomic mass is 16.5. The Labute approximate surface area is 112 Å². The summed E-state index contributed by atoms with van der Waals surface area (Å²) in [6, 6.07) is 15.9. The van der Waals surface area contributed by atoms with Gasteiger partial charge in [0.1, 0.15) is 23.3 Å². The number of benzene rings is 2. The van der Waals surface area contributed by atoms with Crippen LogP contribution in [0.2, 0.25) is 0 Å². The summed E-state index contributed by atoms with van der Waals surface area (Å²) in [4.78, 5) is 4.44. The van der Waals surface area contributed by atoms with Crippen LogP contribution in [0.1, 0.15) is 5.56 Å². The lowest BCUT2D eigenvalue weighted by Gasteiger charge is -2.21. The van der Waals surface area contributed by atoms with Crippen molar-refractivity contribution >= 4 is 11.9 Å². The Balaban J connectivity index is 1.78. The van der Waals surface area contributed by atoms with E-state index in [2.05, 4.69) is 17.1 Å². The van der Waals surface area contributed by atoms with E-state index in [4.69, 9.17) is 9.47 Å². The lowest BCUT2D eigenvalue weighted by molar-refractivity contribution is 0.267. The molecular weight excluding hydrogens is 238 g/mol. The third kappa shape index (κ3) is 2.60. The molecule has 1 atom stereocenters. The van der Waals surface area contributed by atoms with E-state index in [0.717, 1.165) is 23.6 Å². The smallest absolute Gasteiger partial charge is 0.149 e. The molecule has 0 saturated carbocycles. The van der Waals surface area contributed by atoms with Gasteiger partial charge in [-0.1, -0.05) is 30.3 Å². The molecule has 2 aromatic carbocycles. The van der Waals surface area contributed by atoms with Crippen molar-refractivity contribution < 1.29 is 9.47 Å². The van der Waals surface area contributed by atoms with E-state index in [1.807, 2.05) is 42.6 Å². The predicted molar refractivity (Wildman–Crippen MR) is 75.7 cm³/mol. The highest BCUT2D eigenvalue weighted by molar-refractivity contribution is 5.74. The second-order valence-corrected chi connectivity index (χ2v) is 4.46. The molecule has 0 aromatic heterocycles. The largest absolute Gasteiger partial charge is 0.497 e. The molecule has 0 fully saturated rings. The van der Waals surface area contributed by atoms with Gasteiger partial charge in [-0.25, -0.2) is 0 Å². The van der Waals surface area contributed by atoms with Crippen molar-refractivity contribution in [2.75, 3.05) is 7.11 Å². The predicted octanol–water partition coefficient (Wildman–Crippen LogP) is 3.40. The molecule has 19 heavy (non-hydrogen) atoms. The Morgan fingerprint density at radius 1 is 1.16 bits per heavy atom. The molecule has 3 nitrogen and oxygen atoms in total. The first-order valence-corrected chi connectivity index (χ1v) is 6.28. The lowest BCUT2D eigenvalue weighted by Crippen LogP contribution is -2.23. The molecule has 0 bridgehead atoms. The van der Waals surface area contributed by atoms with Crippen LogP contribution < -0.4 is 9.47 Å². The molecule has 0 radical (unpaired) electrons. The van der Waals surface area contributed by atoms with Crippen LogP contribution in [-0.4, -0.2) is 19.4 Å². The van der Waals surface area contributed by atoms with Crippen LogP contribution in [0.25, 0.3) is 0 Å². The van der Waals surface area contributed by atoms with Crippen molar-refractivity contribution in [1.82, 2.24) is 0 Å². The molecule has 96 valence electrons. The fourth-order valence-corrected chi connectivity index (χ4v) is 2.12. The first-order chi connectivity index (χ1) is 9.35. The minimum Gasteiger partial charge on any atom is -0.497 e. The maximum absolute atomic E-state index is 5.95. The lowest BCUT2D eigenvalue weighted by atomic mass is 10.1. The second-order valence-electron chi connectivity index (χ2n) is 4.46. The minimum absolute atomic E-state index is 0.0259. The van der Waals surface area contributed by atoms with Crippen LogP contribution in [0.5, 0.6) is 11.5 Å². The van der Waals surface area contributed by atoms with E-state index in [0.29, 0.717) is 0 Å². The van der Waals surface area contributed by atoms with Crippen LogP contribution in [0.3, 0.4) is 0 Å². The van der Waals surface area contributed by atoms with Crippen LogP contribution in [0.4, 0.5) is 5.69 Å². The average molecular weight is 253 g/mol. The van der Waals surface area contributed by atoms with Gasteiger partial charge in [0.05, 0.1) is 7.11 Å². The van der Waals surface area contributed by atoms with Crippen molar-refractivity contribution in [2.24, 2.45) is 4.99 Å². The van der Waals surface area contributed by atoms with Gasteiger partial charge in [-0.05, 0) is 17.7 Å². The Kier molecular flexibility index (Phi) is 3.19. The third-order valence-corrected chi connectivity index (χ3v) is 3.10. The number of aliphatic imine (C=N–C) groups is 1. The molecule has 0 amide bonds. The van der Waals surface area contributed by atoms with E-state index < -0.39 is 0 Å². The highest BCUT2D eigenvalue weighted by Gasteiger charge is 2.16. The summed E-state index contributed by atoms with van der Waals surface area (Å²) in [5, 5.41) is 0. The number of rotatable bonds is 3. The van der Waals surface area contributed by atoms with E-state index in [1.54, 1.807) is 7.11 Å². The molecule has 0 spiro atoms. The number of fused-ring (bicyclic) bond motifs is 1. The molecule has 0 N–H and O–H groups in total. The van der Waals surface area contributed by atoms with Gasteiger partial charge < -0.3 is 9.47 Å². The average Bonchev–Trinajstić information content (AvgIpc) is 2.47. The maximum atomic E-state index is 5.95. The number of hydrogen-bond donors (Lipinski definition) is 0. The summed E-state index contributed by atoms with van der Waals surface area (Å²) in [5.74, 6) is 1.57. The van der Waals surface area contributed by atoms with E-state index in [-0.39, 0.29) is 6.10 Å². The molecule has 0 saturated heterocycles. The monoisotopic (exact) mass is 253 g/mol. The fourth-order valence-electron chi connectivity index (χ4n) is 2.12. The van der Waals surface area contributed by atoms with Crippen LogP contribution >= 0.6 is 0 Å². The minimum atomic E-state index is -0.0259. The zero-order valence-corrected chi connectivity index (χ0v) is 10.7. The molecule has 2 aromatic rings. The fraction of sp³-hybridized carbons (Fsp3) is 0.188. The SMILES string of the molecule is COc1ccc2c(c1)OC(Cc1ccccc1)C=N2. The second kappa shape index (κ2) is 5.14. The number of hydrogen-bond acceptors (Lipinski definition) is 3. The molecule has 3 rings (SSSR count). The molecule has 1 aliphatic heterocycles. The topological polar surface area (TPSA) is 30.8 Å². The van der Waals surface area contributed by atoms with Gasteiger partial charge in [0.2, 0.25) is 0 Å². The van der Waals surface area contributed by atoms with Crippen LogP contribution in [-0.2, 0) is 6.42 Å². The van der Waals surface area contributed by atoms with E-state index in [9.17, 15) is 0 Å². The molecule has 1 aliphatic rings. The van der Waals surface area contributed by atoms with Crippen molar-refractivity contribution in [1.29, 1.82) is 0 Å². The number of methoxy groups -OCH3 is 1. The quantitative estimate of drug-likeness (QED) is 0.839. The summed E-state index contributed by atoms with van der Waals surface area (Å²) in [6.45, 7) is 0. The third-order valence-electron chi connectivity index (χ3n) is 3.10. The summed E-state index contributed by atoms with van der Waals surface area (Å²) < 4.78 is 11.2. The first-order valence-electron chi connectivity index (χ1n) is 6.28. The molecule has 3 heteroatoms. The van der Waals surface area contributed by atoms with Gasteiger partial charge in [0, 0.05) is 18.7 Å². The van der Waals surface area contributed by atoms with Crippen LogP contribution in [0.15, 0.2) is 53.5 Å². The standard InChI is InChI=1S/C16H15NO2/c1-18-13-7-8-15-16(10-13)19-14(11-17-15)9-12-5-3-2-4-6-12/h2-8,10-11,14H,9H2,1H3. The number of nitrogens with zero attached hydrogens (tertiary/aromatic N) is 1. The van der Waals surface area contributed by atoms with Gasteiger partial charge in [0.25, 0.3) is 0 Å². The zero-order chi connectivity index (χ0) is 13.1. The highest BCUT2D eigenvalue weighted by Crippen LogP contribution is 2.34. The van der Waals surface area contributed by atoms with Gasteiger partial charge in [-0.3, -0.25) is 4.99 Å². The van der Waals surface area contributed by atoms with Crippen LogP contribution in [0, 0.1) is 0 Å². The number of ether oxygens (including phenoxy) is 2. The van der Waals surface area contributed by atoms with Gasteiger partial charge >= 0.3 is 0 Å². The maximum Gasteiger partial charge on any atom is 0.149 e. The van der Waals surface area contributed by atoms with E-state index >= 15 is 0 Å². The van der Waals surface area contributed by atoms with Gasteiger partial charge in [-0.2, -0.15) is 0 Å². The summed E-state index contributed by atoms with van der Waals surface area (Å²) in [6.07, 6.45) is 2.66. The van der Waals surface area contributed by atoms with Gasteiger partial charge in [0.15, 0.2) is 0 Å². The molecule has 1 heterocycles. The van der Waals surface area contributed by atoms with Crippen molar-refractivity contribution in [3.63, 3.8) is 0 Å². The Morgan fingerprint density at radius 3 is 2.79 bits per heavy atom. The van der Waals surface area contributed by atoms with Crippen molar-refractivity contribution in [2.45, 2.75) is 12.5 Å². The Hall–Kier alpha value is -2.29. The van der Waals surface area contributed by atoms with Gasteiger partial charge in [-0.15, -0.1) is 0 Å². The summed E-state index contributed by atoms with van der Waals surface area (Å²) in [5.41, 5.74) is 2.09. The summed E-state index contributed by atoms with van der Waals surface area (Å²) >= 11 is 0. The van der Waals surface area contributed by atoms with E-state index in [1.165, 1.54) is 5.56 Å². The van der Waals surface area contributed by atoms with Crippen molar-refractivity contribution in [3.05, 3.63) is 54.1 Å². The summed E-state index contributed by atoms with van der Waals surface area (Å²) in [7, 11) is 1.65. The van der Waals surface area contributed by atoms with Crippen molar-refractivity contribution in [3.8, 4) is 11.5 Å². The zero-order valence-electron chi connectivity index (χ0n) is 10.7. The Morgan fingerprint density at radius 2 is 2.00 bits per heavy atom. The normalized spacial score (nSPS) is 16.6. The first kappa shape index (κ1) is 11.8. The molecule has 0 aliphatic carbocycles. The molecular formula is C16H15NO2. The Bertz CT molecular complexity index is 593.